The van der Waals surface area contributed by atoms with Crippen molar-refractivity contribution in [3.63, 3.8) is 0 Å². The molecule has 2 aliphatic rings. The molecule has 21 heavy (non-hydrogen) atoms. The number of hydrogen-bond donors (Lipinski definition) is 1. The number of Topliss-reactive ketones (excluding diaryl/α,β-unsaturated/α-hetero) is 1. The molecule has 112 valence electrons. The fourth-order valence-corrected chi connectivity index (χ4v) is 4.41. The number of nitrogens with one attached hydrogen (secondary N) is 1. The molecule has 2 saturated carbocycles. The standard InChI is InChI=1S/C17H20BrNO2/c1-15(2)16(3)8-9-17(15,10-13(16)20)14(21)19-12-6-4-11(18)5-7-12/h4-7H,8-10H2,1-3H3,(H,19,21)/t16-,17+/m1/s1. The molecule has 2 atom stereocenters. The van der Waals surface area contributed by atoms with Crippen LogP contribution in [0.25, 0.3) is 0 Å². The van der Waals surface area contributed by atoms with E-state index in [1.165, 1.54) is 0 Å². The number of amides is 1. The lowest BCUT2D eigenvalue weighted by molar-refractivity contribution is -0.131. The van der Waals surface area contributed by atoms with Crippen molar-refractivity contribution in [2.24, 2.45) is 16.2 Å². The predicted molar refractivity (Wildman–Crippen MR) is 86.0 cm³/mol. The highest BCUT2D eigenvalue weighted by atomic mass is 79.9. The number of ketones is 1. The molecule has 0 saturated heterocycles. The van der Waals surface area contributed by atoms with Gasteiger partial charge in [-0.25, -0.2) is 0 Å². The molecule has 0 unspecified atom stereocenters. The zero-order valence-corrected chi connectivity index (χ0v) is 14.2. The lowest BCUT2D eigenvalue weighted by Crippen LogP contribution is -2.43. The summed E-state index contributed by atoms with van der Waals surface area (Å²) in [4.78, 5) is 25.3. The zero-order chi connectivity index (χ0) is 15.5. The smallest absolute Gasteiger partial charge is 0.231 e. The molecule has 0 aliphatic heterocycles. The molecular weight excluding hydrogens is 330 g/mol. The molecule has 4 heteroatoms. The van der Waals surface area contributed by atoms with Crippen LogP contribution in [0.2, 0.25) is 0 Å². The van der Waals surface area contributed by atoms with Crippen molar-refractivity contribution < 1.29 is 9.59 Å². The number of carbonyl (C=O) groups excluding carboxylic acids is 2. The second-order valence-electron chi connectivity index (χ2n) is 7.10. The monoisotopic (exact) mass is 349 g/mol. The van der Waals surface area contributed by atoms with E-state index in [0.29, 0.717) is 6.42 Å². The Labute approximate surface area is 133 Å². The molecule has 3 rings (SSSR count). The van der Waals surface area contributed by atoms with Crippen molar-refractivity contribution in [2.45, 2.75) is 40.0 Å². The zero-order valence-electron chi connectivity index (χ0n) is 12.6. The average Bonchev–Trinajstić information content (AvgIpc) is 2.72. The van der Waals surface area contributed by atoms with Gasteiger partial charge >= 0.3 is 0 Å². The van der Waals surface area contributed by atoms with Gasteiger partial charge in [-0.2, -0.15) is 0 Å². The molecule has 1 aromatic carbocycles. The number of carbonyl (C=O) groups is 2. The number of halogens is 1. The van der Waals surface area contributed by atoms with Crippen molar-refractivity contribution in [3.8, 4) is 0 Å². The summed E-state index contributed by atoms with van der Waals surface area (Å²) in [5, 5.41) is 3.01. The van der Waals surface area contributed by atoms with Gasteiger partial charge < -0.3 is 5.32 Å². The number of anilines is 1. The van der Waals surface area contributed by atoms with E-state index >= 15 is 0 Å². The summed E-state index contributed by atoms with van der Waals surface area (Å²) in [5.74, 6) is 0.231. The average molecular weight is 350 g/mol. The first kappa shape index (κ1) is 14.8. The van der Waals surface area contributed by atoms with Gasteiger partial charge in [-0.05, 0) is 42.5 Å². The topological polar surface area (TPSA) is 46.2 Å². The molecule has 2 aliphatic carbocycles. The van der Waals surface area contributed by atoms with E-state index in [1.807, 2.05) is 31.2 Å². The Bertz CT molecular complexity index is 622. The number of rotatable bonds is 2. The Hall–Kier alpha value is -1.16. The molecule has 0 heterocycles. The van der Waals surface area contributed by atoms with Crippen LogP contribution in [0, 0.1) is 16.2 Å². The van der Waals surface area contributed by atoms with Gasteiger partial charge in [0, 0.05) is 22.0 Å². The Morgan fingerprint density at radius 2 is 1.76 bits per heavy atom. The third-order valence-electron chi connectivity index (χ3n) is 6.24. The second kappa shape index (κ2) is 4.42. The van der Waals surface area contributed by atoms with Crippen LogP contribution in [-0.4, -0.2) is 11.7 Å². The van der Waals surface area contributed by atoms with Crippen LogP contribution in [0.1, 0.15) is 40.0 Å². The highest BCUT2D eigenvalue weighted by Crippen LogP contribution is 2.70. The maximum absolute atomic E-state index is 12.9. The van der Waals surface area contributed by atoms with Gasteiger partial charge in [-0.3, -0.25) is 9.59 Å². The summed E-state index contributed by atoms with van der Waals surface area (Å²) in [6, 6.07) is 7.54. The minimum absolute atomic E-state index is 0.00982. The van der Waals surface area contributed by atoms with Gasteiger partial charge in [0.25, 0.3) is 0 Å². The van der Waals surface area contributed by atoms with Gasteiger partial charge in [-0.15, -0.1) is 0 Å². The Morgan fingerprint density at radius 1 is 1.14 bits per heavy atom. The van der Waals surface area contributed by atoms with Crippen LogP contribution in [0.3, 0.4) is 0 Å². The van der Waals surface area contributed by atoms with Crippen molar-refractivity contribution in [2.75, 3.05) is 5.32 Å². The largest absolute Gasteiger partial charge is 0.326 e. The van der Waals surface area contributed by atoms with Gasteiger partial charge in [0.2, 0.25) is 5.91 Å². The molecule has 1 N–H and O–H groups in total. The minimum Gasteiger partial charge on any atom is -0.326 e. The highest BCUT2D eigenvalue weighted by Gasteiger charge is 2.72. The molecular formula is C17H20BrNO2. The van der Waals surface area contributed by atoms with Crippen LogP contribution < -0.4 is 5.32 Å². The fourth-order valence-electron chi connectivity index (χ4n) is 4.14. The van der Waals surface area contributed by atoms with Crippen LogP contribution in [-0.2, 0) is 9.59 Å². The highest BCUT2D eigenvalue weighted by molar-refractivity contribution is 9.10. The van der Waals surface area contributed by atoms with E-state index in [9.17, 15) is 9.59 Å². The molecule has 2 fully saturated rings. The van der Waals surface area contributed by atoms with Gasteiger partial charge in [0.05, 0.1) is 5.41 Å². The molecule has 0 aromatic heterocycles. The molecule has 1 amide bonds. The summed E-state index contributed by atoms with van der Waals surface area (Å²) < 4.78 is 0.975. The van der Waals surface area contributed by atoms with Crippen LogP contribution in [0.5, 0.6) is 0 Å². The summed E-state index contributed by atoms with van der Waals surface area (Å²) in [6.45, 7) is 6.18. The van der Waals surface area contributed by atoms with E-state index in [-0.39, 0.29) is 22.5 Å². The summed E-state index contributed by atoms with van der Waals surface area (Å²) in [7, 11) is 0. The van der Waals surface area contributed by atoms with E-state index in [4.69, 9.17) is 0 Å². The molecule has 2 bridgehead atoms. The Kier molecular flexibility index (Phi) is 3.11. The van der Waals surface area contributed by atoms with Crippen molar-refractivity contribution in [1.29, 1.82) is 0 Å². The van der Waals surface area contributed by atoms with Crippen molar-refractivity contribution >= 4 is 33.3 Å². The Morgan fingerprint density at radius 3 is 2.24 bits per heavy atom. The quantitative estimate of drug-likeness (QED) is 0.870. The number of benzene rings is 1. The molecule has 0 spiro atoms. The first-order valence-electron chi connectivity index (χ1n) is 7.33. The van der Waals surface area contributed by atoms with Crippen LogP contribution in [0.4, 0.5) is 5.69 Å². The van der Waals surface area contributed by atoms with E-state index in [0.717, 1.165) is 23.0 Å². The van der Waals surface area contributed by atoms with Crippen LogP contribution in [0.15, 0.2) is 28.7 Å². The fraction of sp³-hybridized carbons (Fsp3) is 0.529. The van der Waals surface area contributed by atoms with Gasteiger partial charge in [0.15, 0.2) is 0 Å². The lowest BCUT2D eigenvalue weighted by atomic mass is 9.64. The van der Waals surface area contributed by atoms with Gasteiger partial charge in [0.1, 0.15) is 5.78 Å². The maximum Gasteiger partial charge on any atom is 0.231 e. The van der Waals surface area contributed by atoms with Gasteiger partial charge in [-0.1, -0.05) is 36.7 Å². The number of fused-ring (bicyclic) bond motifs is 2. The normalized spacial score (nSPS) is 33.2. The molecule has 1 aromatic rings. The first-order chi connectivity index (χ1) is 9.73. The minimum atomic E-state index is -0.564. The molecule has 3 nitrogen and oxygen atoms in total. The SMILES string of the molecule is CC1(C)[C@@]2(C(=O)Nc3ccc(Br)cc3)CC[C@]1(C)C(=O)C2. The van der Waals surface area contributed by atoms with E-state index in [1.54, 1.807) is 0 Å². The second-order valence-corrected chi connectivity index (χ2v) is 8.02. The Balaban J connectivity index is 1.91. The maximum atomic E-state index is 12.9. The third kappa shape index (κ3) is 1.78. The summed E-state index contributed by atoms with van der Waals surface area (Å²) >= 11 is 3.38. The van der Waals surface area contributed by atoms with Crippen molar-refractivity contribution in [3.05, 3.63) is 28.7 Å². The predicted octanol–water partition coefficient (Wildman–Crippen LogP) is 4.17. The molecule has 0 radical (unpaired) electrons. The van der Waals surface area contributed by atoms with E-state index < -0.39 is 5.41 Å². The number of hydrogen-bond acceptors (Lipinski definition) is 2. The first-order valence-corrected chi connectivity index (χ1v) is 8.13. The van der Waals surface area contributed by atoms with Crippen LogP contribution >= 0.6 is 15.9 Å². The van der Waals surface area contributed by atoms with Crippen molar-refractivity contribution in [1.82, 2.24) is 0 Å². The third-order valence-corrected chi connectivity index (χ3v) is 6.77. The summed E-state index contributed by atoms with van der Waals surface area (Å²) in [6.07, 6.45) is 1.98. The lowest BCUT2D eigenvalue weighted by Gasteiger charge is -2.38. The van der Waals surface area contributed by atoms with E-state index in [2.05, 4.69) is 35.1 Å². The summed E-state index contributed by atoms with van der Waals surface area (Å²) in [5.41, 5.74) is -0.437.